The molecule has 0 aliphatic rings. The first-order valence-corrected chi connectivity index (χ1v) is 4.99. The maximum absolute atomic E-state index is 11.0. The maximum atomic E-state index is 11.0. The summed E-state index contributed by atoms with van der Waals surface area (Å²) in [6.07, 6.45) is 0. The van der Waals surface area contributed by atoms with E-state index in [1.165, 1.54) is 4.80 Å². The topological polar surface area (TPSA) is 98.7 Å². The van der Waals surface area contributed by atoms with Crippen LogP contribution in [-0.2, 0) is 13.6 Å². The summed E-state index contributed by atoms with van der Waals surface area (Å²) < 4.78 is 1.57. The highest BCUT2D eigenvalue weighted by molar-refractivity contribution is 5.90. The fourth-order valence-corrected chi connectivity index (χ4v) is 1.68. The van der Waals surface area contributed by atoms with E-state index in [1.54, 1.807) is 25.6 Å². The Labute approximate surface area is 96.9 Å². The van der Waals surface area contributed by atoms with Gasteiger partial charge >= 0.3 is 5.97 Å². The fraction of sp³-hybridized carbons (Fsp3) is 0.444. The zero-order valence-electron chi connectivity index (χ0n) is 9.75. The standard InChI is InChI=1S/C9H12N6O2/c1-5-8(9(16)17)6(2)15(11-5)4-7-10-13-14(3)12-7/h4H2,1-3H3,(H,16,17). The summed E-state index contributed by atoms with van der Waals surface area (Å²) >= 11 is 0. The van der Waals surface area contributed by atoms with E-state index in [4.69, 9.17) is 5.11 Å². The first-order chi connectivity index (χ1) is 7.99. The highest BCUT2D eigenvalue weighted by atomic mass is 16.4. The summed E-state index contributed by atoms with van der Waals surface area (Å²) in [6, 6.07) is 0. The van der Waals surface area contributed by atoms with E-state index < -0.39 is 5.97 Å². The van der Waals surface area contributed by atoms with E-state index in [1.807, 2.05) is 0 Å². The van der Waals surface area contributed by atoms with Crippen molar-refractivity contribution in [1.29, 1.82) is 0 Å². The number of carboxylic acids is 1. The number of aromatic carboxylic acids is 1. The van der Waals surface area contributed by atoms with Gasteiger partial charge in [0.2, 0.25) is 0 Å². The second kappa shape index (κ2) is 3.96. The molecule has 0 atom stereocenters. The first kappa shape index (κ1) is 11.2. The number of carboxylic acid groups (broad SMARTS) is 1. The van der Waals surface area contributed by atoms with E-state index in [9.17, 15) is 4.79 Å². The molecule has 8 heteroatoms. The Hall–Kier alpha value is -2.25. The third-order valence-corrected chi connectivity index (χ3v) is 2.44. The molecule has 0 aromatic carbocycles. The van der Waals surface area contributed by atoms with E-state index in [2.05, 4.69) is 20.5 Å². The highest BCUT2D eigenvalue weighted by Gasteiger charge is 2.18. The number of hydrogen-bond acceptors (Lipinski definition) is 5. The normalized spacial score (nSPS) is 10.8. The minimum absolute atomic E-state index is 0.230. The van der Waals surface area contributed by atoms with Crippen molar-refractivity contribution in [3.63, 3.8) is 0 Å². The number of tetrazole rings is 1. The van der Waals surface area contributed by atoms with Crippen LogP contribution in [0.2, 0.25) is 0 Å². The molecule has 0 amide bonds. The quantitative estimate of drug-likeness (QED) is 0.790. The third-order valence-electron chi connectivity index (χ3n) is 2.44. The molecule has 2 rings (SSSR count). The molecule has 0 bridgehead atoms. The van der Waals surface area contributed by atoms with Gasteiger partial charge in [0, 0.05) is 0 Å². The molecule has 0 spiro atoms. The van der Waals surface area contributed by atoms with Crippen molar-refractivity contribution in [2.45, 2.75) is 20.4 Å². The van der Waals surface area contributed by atoms with E-state index in [0.717, 1.165) is 0 Å². The first-order valence-electron chi connectivity index (χ1n) is 4.99. The van der Waals surface area contributed by atoms with Crippen LogP contribution >= 0.6 is 0 Å². The average Bonchev–Trinajstić information content (AvgIpc) is 2.73. The molecule has 0 aliphatic heterocycles. The third kappa shape index (κ3) is 2.01. The Morgan fingerprint density at radius 1 is 1.35 bits per heavy atom. The van der Waals surface area contributed by atoms with Gasteiger partial charge in [-0.3, -0.25) is 4.68 Å². The van der Waals surface area contributed by atoms with Gasteiger partial charge < -0.3 is 5.11 Å². The molecule has 1 N–H and O–H groups in total. The van der Waals surface area contributed by atoms with Crippen LogP contribution in [-0.4, -0.2) is 41.1 Å². The van der Waals surface area contributed by atoms with Gasteiger partial charge in [0.1, 0.15) is 12.1 Å². The molecule has 8 nitrogen and oxygen atoms in total. The van der Waals surface area contributed by atoms with E-state index in [0.29, 0.717) is 23.8 Å². The molecule has 2 aromatic heterocycles. The molecule has 2 heterocycles. The molecule has 0 fully saturated rings. The minimum atomic E-state index is -0.974. The Kier molecular flexibility index (Phi) is 2.62. The number of nitrogens with zero attached hydrogens (tertiary/aromatic N) is 6. The van der Waals surface area contributed by atoms with Crippen LogP contribution in [0.4, 0.5) is 0 Å². The van der Waals surface area contributed by atoms with Gasteiger partial charge in [0.25, 0.3) is 0 Å². The van der Waals surface area contributed by atoms with Gasteiger partial charge in [-0.05, 0) is 19.1 Å². The maximum Gasteiger partial charge on any atom is 0.339 e. The number of rotatable bonds is 3. The number of aromatic nitrogens is 6. The largest absolute Gasteiger partial charge is 0.478 e. The van der Waals surface area contributed by atoms with Crippen LogP contribution in [0.15, 0.2) is 0 Å². The highest BCUT2D eigenvalue weighted by Crippen LogP contribution is 2.13. The van der Waals surface area contributed by atoms with Crippen molar-refractivity contribution in [2.75, 3.05) is 0 Å². The predicted octanol–water partition coefficient (Wildman–Crippen LogP) is -0.230. The second-order valence-electron chi connectivity index (χ2n) is 3.70. The minimum Gasteiger partial charge on any atom is -0.478 e. The molecule has 0 unspecified atom stereocenters. The van der Waals surface area contributed by atoms with Crippen LogP contribution in [0.1, 0.15) is 27.6 Å². The van der Waals surface area contributed by atoms with Crippen molar-refractivity contribution in [1.82, 2.24) is 30.0 Å². The lowest BCUT2D eigenvalue weighted by Gasteiger charge is -1.99. The molecule has 0 aliphatic carbocycles. The van der Waals surface area contributed by atoms with Crippen LogP contribution < -0.4 is 0 Å². The monoisotopic (exact) mass is 236 g/mol. The summed E-state index contributed by atoms with van der Waals surface area (Å²) in [5.74, 6) is -0.478. The van der Waals surface area contributed by atoms with Crippen molar-refractivity contribution in [2.24, 2.45) is 7.05 Å². The summed E-state index contributed by atoms with van der Waals surface area (Å²) in [5, 5.41) is 24.7. The zero-order chi connectivity index (χ0) is 12.6. The van der Waals surface area contributed by atoms with Gasteiger partial charge in [-0.1, -0.05) is 0 Å². The van der Waals surface area contributed by atoms with Gasteiger partial charge in [-0.2, -0.15) is 9.90 Å². The number of aryl methyl sites for hydroxylation is 2. The van der Waals surface area contributed by atoms with Crippen molar-refractivity contribution < 1.29 is 9.90 Å². The zero-order valence-corrected chi connectivity index (χ0v) is 9.75. The average molecular weight is 236 g/mol. The van der Waals surface area contributed by atoms with Gasteiger partial charge in [-0.15, -0.1) is 10.2 Å². The van der Waals surface area contributed by atoms with Crippen LogP contribution in [0.25, 0.3) is 0 Å². The van der Waals surface area contributed by atoms with E-state index >= 15 is 0 Å². The van der Waals surface area contributed by atoms with Crippen molar-refractivity contribution in [3.05, 3.63) is 22.8 Å². The molecular formula is C9H12N6O2. The van der Waals surface area contributed by atoms with Gasteiger partial charge in [0.15, 0.2) is 5.82 Å². The number of carbonyl (C=O) groups is 1. The molecule has 90 valence electrons. The predicted molar refractivity (Wildman–Crippen MR) is 56.6 cm³/mol. The molecule has 0 saturated carbocycles. The molecule has 17 heavy (non-hydrogen) atoms. The Bertz CT molecular complexity index is 570. The SMILES string of the molecule is Cc1nn(Cc2nnn(C)n2)c(C)c1C(=O)O. The summed E-state index contributed by atoms with van der Waals surface area (Å²) in [5.41, 5.74) is 1.30. The lowest BCUT2D eigenvalue weighted by atomic mass is 10.2. The summed E-state index contributed by atoms with van der Waals surface area (Å²) in [4.78, 5) is 12.4. The molecular weight excluding hydrogens is 224 g/mol. The molecule has 2 aromatic rings. The second-order valence-corrected chi connectivity index (χ2v) is 3.70. The smallest absolute Gasteiger partial charge is 0.339 e. The van der Waals surface area contributed by atoms with Crippen LogP contribution in [0.3, 0.4) is 0 Å². The molecule has 0 radical (unpaired) electrons. The van der Waals surface area contributed by atoms with Gasteiger partial charge in [0.05, 0.1) is 18.4 Å². The van der Waals surface area contributed by atoms with Crippen LogP contribution in [0, 0.1) is 13.8 Å². The summed E-state index contributed by atoms with van der Waals surface area (Å²) in [7, 11) is 1.67. The lowest BCUT2D eigenvalue weighted by molar-refractivity contribution is 0.0695. The molecule has 0 saturated heterocycles. The lowest BCUT2D eigenvalue weighted by Crippen LogP contribution is -2.07. The van der Waals surface area contributed by atoms with Crippen LogP contribution in [0.5, 0.6) is 0 Å². The number of hydrogen-bond donors (Lipinski definition) is 1. The Morgan fingerprint density at radius 3 is 2.53 bits per heavy atom. The fourth-order valence-electron chi connectivity index (χ4n) is 1.68. The van der Waals surface area contributed by atoms with Crippen molar-refractivity contribution in [3.8, 4) is 0 Å². The summed E-state index contributed by atoms with van der Waals surface area (Å²) in [6.45, 7) is 3.69. The van der Waals surface area contributed by atoms with E-state index in [-0.39, 0.29) is 5.56 Å². The Balaban J connectivity index is 2.34. The van der Waals surface area contributed by atoms with Gasteiger partial charge in [-0.25, -0.2) is 4.79 Å². The Morgan fingerprint density at radius 2 is 2.06 bits per heavy atom. The van der Waals surface area contributed by atoms with Crippen molar-refractivity contribution >= 4 is 5.97 Å².